The van der Waals surface area contributed by atoms with Crippen molar-refractivity contribution in [3.8, 4) is 12.3 Å². The third-order valence-corrected chi connectivity index (χ3v) is 2.91. The zero-order chi connectivity index (χ0) is 13.5. The van der Waals surface area contributed by atoms with Gasteiger partial charge < -0.3 is 20.5 Å². The second-order valence-electron chi connectivity index (χ2n) is 4.22. The molecule has 0 radical (unpaired) electrons. The van der Waals surface area contributed by atoms with E-state index in [1.807, 2.05) is 6.92 Å². The molecule has 1 fully saturated rings. The van der Waals surface area contributed by atoms with Crippen LogP contribution in [-0.4, -0.2) is 42.4 Å². The molecule has 3 unspecified atom stereocenters. The fourth-order valence-electron chi connectivity index (χ4n) is 1.78. The Kier molecular flexibility index (Phi) is 5.46. The molecule has 0 bridgehead atoms. The van der Waals surface area contributed by atoms with E-state index < -0.39 is 24.0 Å². The van der Waals surface area contributed by atoms with E-state index in [1.165, 1.54) is 0 Å². The molecule has 1 saturated heterocycles. The van der Waals surface area contributed by atoms with Crippen molar-refractivity contribution < 1.29 is 19.4 Å². The average molecular weight is 254 g/mol. The minimum Gasteiger partial charge on any atom is -0.481 e. The van der Waals surface area contributed by atoms with Crippen molar-refractivity contribution in [1.82, 2.24) is 10.6 Å². The molecule has 0 spiro atoms. The lowest BCUT2D eigenvalue weighted by molar-refractivity contribution is -0.142. The van der Waals surface area contributed by atoms with Gasteiger partial charge in [-0.25, -0.2) is 4.79 Å². The summed E-state index contributed by atoms with van der Waals surface area (Å²) in [5.74, 6) is 0.828. The summed E-state index contributed by atoms with van der Waals surface area (Å²) < 4.78 is 5.06. The van der Waals surface area contributed by atoms with Crippen molar-refractivity contribution >= 4 is 12.0 Å². The zero-order valence-electron chi connectivity index (χ0n) is 10.3. The Morgan fingerprint density at radius 2 is 2.28 bits per heavy atom. The highest BCUT2D eigenvalue weighted by atomic mass is 16.5. The van der Waals surface area contributed by atoms with Gasteiger partial charge in [-0.3, -0.25) is 4.79 Å². The minimum absolute atomic E-state index is 0.0967. The number of carbonyl (C=O) groups is 2. The van der Waals surface area contributed by atoms with Crippen LogP contribution in [-0.2, 0) is 9.53 Å². The number of carboxylic acids is 1. The van der Waals surface area contributed by atoms with Gasteiger partial charge in [0.25, 0.3) is 0 Å². The summed E-state index contributed by atoms with van der Waals surface area (Å²) in [7, 11) is 0. The molecular weight excluding hydrogens is 236 g/mol. The molecule has 0 saturated carbocycles. The maximum atomic E-state index is 11.7. The first-order valence-electron chi connectivity index (χ1n) is 5.89. The van der Waals surface area contributed by atoms with Gasteiger partial charge in [-0.15, -0.1) is 12.3 Å². The number of terminal acetylenes is 1. The van der Waals surface area contributed by atoms with Gasteiger partial charge in [0.1, 0.15) is 5.92 Å². The maximum Gasteiger partial charge on any atom is 0.315 e. The molecular formula is C12H18N2O4. The molecule has 1 aliphatic heterocycles. The Hall–Kier alpha value is -1.74. The van der Waals surface area contributed by atoms with E-state index in [-0.39, 0.29) is 19.3 Å². The summed E-state index contributed by atoms with van der Waals surface area (Å²) in [6.07, 6.45) is 6.36. The Balaban J connectivity index is 2.44. The highest BCUT2D eigenvalue weighted by Gasteiger charge is 2.35. The van der Waals surface area contributed by atoms with Crippen LogP contribution in [0.3, 0.4) is 0 Å². The fraction of sp³-hybridized carbons (Fsp3) is 0.667. The quantitative estimate of drug-likeness (QED) is 0.611. The standard InChI is InChI=1S/C12H18N2O4/c1-3-5-8(4-2)13-12(17)14-10-7-18-6-9(10)11(15)16/h1,8-10H,4-7H2,2H3,(H,15,16)(H2,13,14,17). The molecule has 0 aromatic rings. The van der Waals surface area contributed by atoms with Crippen molar-refractivity contribution in [2.75, 3.05) is 13.2 Å². The largest absolute Gasteiger partial charge is 0.481 e. The second-order valence-corrected chi connectivity index (χ2v) is 4.22. The van der Waals surface area contributed by atoms with E-state index in [2.05, 4.69) is 16.6 Å². The zero-order valence-corrected chi connectivity index (χ0v) is 10.3. The predicted octanol–water partition coefficient (Wildman–Crippen LogP) is 0.187. The maximum absolute atomic E-state index is 11.7. The predicted molar refractivity (Wildman–Crippen MR) is 64.9 cm³/mol. The first kappa shape index (κ1) is 14.3. The summed E-state index contributed by atoms with van der Waals surface area (Å²) in [6.45, 7) is 2.26. The van der Waals surface area contributed by atoms with E-state index >= 15 is 0 Å². The molecule has 6 nitrogen and oxygen atoms in total. The third-order valence-electron chi connectivity index (χ3n) is 2.91. The summed E-state index contributed by atoms with van der Waals surface area (Å²) in [5, 5.41) is 14.3. The van der Waals surface area contributed by atoms with Gasteiger partial charge >= 0.3 is 12.0 Å². The van der Waals surface area contributed by atoms with Crippen molar-refractivity contribution in [2.45, 2.75) is 31.8 Å². The van der Waals surface area contributed by atoms with Gasteiger partial charge in [0.05, 0.1) is 19.3 Å². The van der Waals surface area contributed by atoms with Crippen molar-refractivity contribution in [3.63, 3.8) is 0 Å². The number of amides is 2. The Morgan fingerprint density at radius 3 is 2.83 bits per heavy atom. The van der Waals surface area contributed by atoms with Crippen LogP contribution in [0.1, 0.15) is 19.8 Å². The number of aliphatic carboxylic acids is 1. The number of carbonyl (C=O) groups excluding carboxylic acids is 1. The summed E-state index contributed by atoms with van der Waals surface area (Å²) in [6, 6.07) is -0.995. The molecule has 0 aliphatic carbocycles. The molecule has 1 heterocycles. The van der Waals surface area contributed by atoms with Crippen molar-refractivity contribution in [1.29, 1.82) is 0 Å². The molecule has 100 valence electrons. The lowest BCUT2D eigenvalue weighted by atomic mass is 10.0. The van der Waals surface area contributed by atoms with E-state index in [9.17, 15) is 9.59 Å². The van der Waals surface area contributed by atoms with Gasteiger partial charge in [0.2, 0.25) is 0 Å². The second kappa shape index (κ2) is 6.87. The van der Waals surface area contributed by atoms with Crippen molar-refractivity contribution in [2.24, 2.45) is 5.92 Å². The van der Waals surface area contributed by atoms with Gasteiger partial charge in [-0.2, -0.15) is 0 Å². The molecule has 2 amide bonds. The number of urea groups is 1. The highest BCUT2D eigenvalue weighted by molar-refractivity contribution is 5.77. The monoisotopic (exact) mass is 254 g/mol. The minimum atomic E-state index is -0.964. The molecule has 6 heteroatoms. The van der Waals surface area contributed by atoms with Crippen LogP contribution in [0.25, 0.3) is 0 Å². The molecule has 1 rings (SSSR count). The molecule has 0 aromatic carbocycles. The number of rotatable bonds is 5. The normalized spacial score (nSPS) is 24.0. The van der Waals surface area contributed by atoms with E-state index in [1.54, 1.807) is 0 Å². The molecule has 3 atom stereocenters. The van der Waals surface area contributed by atoms with Gasteiger partial charge in [-0.1, -0.05) is 6.92 Å². The van der Waals surface area contributed by atoms with Crippen LogP contribution in [0, 0.1) is 18.3 Å². The number of ether oxygens (including phenoxy) is 1. The van der Waals surface area contributed by atoms with Crippen LogP contribution in [0.15, 0.2) is 0 Å². The van der Waals surface area contributed by atoms with Gasteiger partial charge in [0, 0.05) is 12.5 Å². The van der Waals surface area contributed by atoms with Crippen LogP contribution in [0.4, 0.5) is 4.79 Å². The third kappa shape index (κ3) is 3.93. The van der Waals surface area contributed by atoms with Gasteiger partial charge in [0.15, 0.2) is 0 Å². The molecule has 18 heavy (non-hydrogen) atoms. The fourth-order valence-corrected chi connectivity index (χ4v) is 1.78. The number of hydrogen-bond donors (Lipinski definition) is 3. The van der Waals surface area contributed by atoms with E-state index in [0.29, 0.717) is 6.42 Å². The van der Waals surface area contributed by atoms with E-state index in [4.69, 9.17) is 16.3 Å². The van der Waals surface area contributed by atoms with Crippen LogP contribution in [0.2, 0.25) is 0 Å². The smallest absolute Gasteiger partial charge is 0.315 e. The van der Waals surface area contributed by atoms with E-state index in [0.717, 1.165) is 6.42 Å². The molecule has 1 aliphatic rings. The summed E-state index contributed by atoms with van der Waals surface area (Å²) in [4.78, 5) is 22.6. The SMILES string of the molecule is C#CCC(CC)NC(=O)NC1COCC1C(=O)O. The Morgan fingerprint density at radius 1 is 1.56 bits per heavy atom. The highest BCUT2D eigenvalue weighted by Crippen LogP contribution is 2.13. The van der Waals surface area contributed by atoms with Gasteiger partial charge in [-0.05, 0) is 6.42 Å². The number of nitrogens with one attached hydrogen (secondary N) is 2. The van der Waals surface area contributed by atoms with Crippen LogP contribution in [0.5, 0.6) is 0 Å². The summed E-state index contributed by atoms with van der Waals surface area (Å²) in [5.41, 5.74) is 0. The number of carboxylic acid groups (broad SMARTS) is 1. The molecule has 0 aromatic heterocycles. The lowest BCUT2D eigenvalue weighted by Crippen LogP contribution is -2.49. The Labute approximate surface area is 106 Å². The first-order valence-corrected chi connectivity index (χ1v) is 5.89. The first-order chi connectivity index (χ1) is 8.58. The summed E-state index contributed by atoms with van der Waals surface area (Å²) >= 11 is 0. The van der Waals surface area contributed by atoms with Crippen LogP contribution < -0.4 is 10.6 Å². The van der Waals surface area contributed by atoms with Crippen molar-refractivity contribution in [3.05, 3.63) is 0 Å². The lowest BCUT2D eigenvalue weighted by Gasteiger charge is -2.19. The topological polar surface area (TPSA) is 87.7 Å². The Bertz CT molecular complexity index is 350. The average Bonchev–Trinajstić information content (AvgIpc) is 2.76. The molecule has 3 N–H and O–H groups in total. The number of hydrogen-bond acceptors (Lipinski definition) is 3. The van der Waals surface area contributed by atoms with Crippen LogP contribution >= 0.6 is 0 Å².